The molecule has 0 atom stereocenters. The van der Waals surface area contributed by atoms with Crippen LogP contribution < -0.4 is 37.2 Å². The molecule has 0 bridgehead atoms. The average molecular weight is 570 g/mol. The Hall–Kier alpha value is -3.71. The maximum absolute atomic E-state index is 11.9. The number of amides is 7. The van der Waals surface area contributed by atoms with E-state index in [2.05, 4.69) is 51.1 Å². The summed E-state index contributed by atoms with van der Waals surface area (Å²) in [4.78, 5) is 81.7. The van der Waals surface area contributed by atoms with Gasteiger partial charge in [-0.2, -0.15) is 0 Å². The highest BCUT2D eigenvalue weighted by molar-refractivity contribution is 5.82. The summed E-state index contributed by atoms with van der Waals surface area (Å²) in [5, 5.41) is 18.3. The molecule has 0 unspecified atom stereocenters. The fourth-order valence-electron chi connectivity index (χ4n) is 3.14. The summed E-state index contributed by atoms with van der Waals surface area (Å²) in [5.74, 6) is -1.22. The molecule has 14 heteroatoms. The maximum Gasteiger partial charge on any atom is 0.221 e. The Morgan fingerprint density at radius 2 is 0.700 bits per heavy atom. The SMILES string of the molecule is CNC(=O)CCCC(=O)NCCC(=O)NCCC(=O)NCCC(=O)NCCC(=O)NCCC(=O)NCCC(C)C. The van der Waals surface area contributed by atoms with E-state index in [-0.39, 0.29) is 119 Å². The van der Waals surface area contributed by atoms with Crippen LogP contribution in [0.3, 0.4) is 0 Å². The molecule has 0 aliphatic heterocycles. The van der Waals surface area contributed by atoms with Crippen LogP contribution in [0.25, 0.3) is 0 Å². The molecule has 0 spiro atoms. The first kappa shape index (κ1) is 36.3. The van der Waals surface area contributed by atoms with Gasteiger partial charge >= 0.3 is 0 Å². The number of rotatable bonds is 22. The van der Waals surface area contributed by atoms with Crippen molar-refractivity contribution in [3.8, 4) is 0 Å². The minimum Gasteiger partial charge on any atom is -0.359 e. The standard InChI is InChI=1S/C26H47N7O7/c1-19(2)7-13-28-22(36)9-15-30-24(38)11-17-32-26(40)12-18-33-25(39)10-16-31-23(37)8-14-29-21(35)6-4-5-20(34)27-3/h19H,4-18H2,1-3H3,(H,27,34)(H,28,36)(H,29,35)(H,30,38)(H,31,37)(H,32,40)(H,33,39). The van der Waals surface area contributed by atoms with Gasteiger partial charge in [0.1, 0.15) is 0 Å². The first-order chi connectivity index (χ1) is 19.0. The predicted molar refractivity (Wildman–Crippen MR) is 149 cm³/mol. The molecule has 0 heterocycles. The molecular weight excluding hydrogens is 522 g/mol. The Balaban J connectivity index is 3.71. The van der Waals surface area contributed by atoms with Gasteiger partial charge in [0.15, 0.2) is 0 Å². The number of carbonyl (C=O) groups is 7. The largest absolute Gasteiger partial charge is 0.359 e. The Morgan fingerprint density at radius 1 is 0.425 bits per heavy atom. The van der Waals surface area contributed by atoms with Crippen LogP contribution in [0.5, 0.6) is 0 Å². The Labute approximate surface area is 236 Å². The highest BCUT2D eigenvalue weighted by Gasteiger charge is 2.09. The van der Waals surface area contributed by atoms with Crippen LogP contribution in [0.4, 0.5) is 0 Å². The number of hydrogen-bond donors (Lipinski definition) is 7. The molecule has 228 valence electrons. The van der Waals surface area contributed by atoms with E-state index in [0.29, 0.717) is 18.9 Å². The minimum absolute atomic E-state index is 0.0368. The number of nitrogens with one attached hydrogen (secondary N) is 7. The third kappa shape index (κ3) is 23.4. The normalized spacial score (nSPS) is 10.3. The van der Waals surface area contributed by atoms with Crippen molar-refractivity contribution in [2.75, 3.05) is 46.3 Å². The molecule has 0 rings (SSSR count). The van der Waals surface area contributed by atoms with Crippen molar-refractivity contribution in [1.82, 2.24) is 37.2 Å². The van der Waals surface area contributed by atoms with Crippen LogP contribution in [0.2, 0.25) is 0 Å². The number of carbonyl (C=O) groups excluding carboxylic acids is 7. The van der Waals surface area contributed by atoms with Crippen LogP contribution in [-0.4, -0.2) is 87.7 Å². The summed E-state index contributed by atoms with van der Waals surface area (Å²) >= 11 is 0. The second-order valence-electron chi connectivity index (χ2n) is 9.56. The Kier molecular flexibility index (Phi) is 21.0. The van der Waals surface area contributed by atoms with Crippen LogP contribution >= 0.6 is 0 Å². The summed E-state index contributed by atoms with van der Waals surface area (Å²) in [5.41, 5.74) is 0. The topological polar surface area (TPSA) is 204 Å². The highest BCUT2D eigenvalue weighted by atomic mass is 16.2. The Bertz CT molecular complexity index is 834. The zero-order valence-electron chi connectivity index (χ0n) is 24.0. The molecule has 7 amide bonds. The first-order valence-electron chi connectivity index (χ1n) is 13.8. The van der Waals surface area contributed by atoms with Gasteiger partial charge in [-0.15, -0.1) is 0 Å². The van der Waals surface area contributed by atoms with Gasteiger partial charge in [0.25, 0.3) is 0 Å². The quantitative estimate of drug-likeness (QED) is 0.0829. The van der Waals surface area contributed by atoms with Gasteiger partial charge in [-0.05, 0) is 18.8 Å². The lowest BCUT2D eigenvalue weighted by Gasteiger charge is -2.09. The summed E-state index contributed by atoms with van der Waals surface area (Å²) in [6, 6.07) is 0. The van der Waals surface area contributed by atoms with Gasteiger partial charge in [0.2, 0.25) is 41.4 Å². The molecule has 7 N–H and O–H groups in total. The maximum atomic E-state index is 11.9. The van der Waals surface area contributed by atoms with E-state index in [9.17, 15) is 33.6 Å². The smallest absolute Gasteiger partial charge is 0.221 e. The molecule has 40 heavy (non-hydrogen) atoms. The highest BCUT2D eigenvalue weighted by Crippen LogP contribution is 1.96. The van der Waals surface area contributed by atoms with Crippen molar-refractivity contribution in [2.45, 2.75) is 71.6 Å². The summed E-state index contributed by atoms with van der Waals surface area (Å²) in [7, 11) is 1.53. The van der Waals surface area contributed by atoms with Crippen molar-refractivity contribution >= 4 is 41.4 Å². The predicted octanol–water partition coefficient (Wildman–Crippen LogP) is -1.40. The molecule has 0 aromatic carbocycles. The van der Waals surface area contributed by atoms with E-state index in [1.807, 2.05) is 0 Å². The Morgan fingerprint density at radius 3 is 1.00 bits per heavy atom. The lowest BCUT2D eigenvalue weighted by atomic mass is 10.1. The summed E-state index contributed by atoms with van der Waals surface area (Å²) < 4.78 is 0. The summed E-state index contributed by atoms with van der Waals surface area (Å²) in [6.07, 6.45) is 2.19. The van der Waals surface area contributed by atoms with E-state index >= 15 is 0 Å². The fraction of sp³-hybridized carbons (Fsp3) is 0.731. The van der Waals surface area contributed by atoms with Crippen LogP contribution in [0.1, 0.15) is 71.6 Å². The second-order valence-corrected chi connectivity index (χ2v) is 9.56. The van der Waals surface area contributed by atoms with Crippen molar-refractivity contribution in [1.29, 1.82) is 0 Å². The van der Waals surface area contributed by atoms with Crippen LogP contribution in [0, 0.1) is 5.92 Å². The van der Waals surface area contributed by atoms with Gasteiger partial charge in [0.05, 0.1) is 0 Å². The van der Waals surface area contributed by atoms with Gasteiger partial charge in [-0.1, -0.05) is 13.8 Å². The minimum atomic E-state index is -0.329. The van der Waals surface area contributed by atoms with Gasteiger partial charge in [-0.25, -0.2) is 0 Å². The zero-order chi connectivity index (χ0) is 30.2. The van der Waals surface area contributed by atoms with Gasteiger partial charge < -0.3 is 37.2 Å². The molecular formula is C26H47N7O7. The lowest BCUT2D eigenvalue weighted by Crippen LogP contribution is -2.36. The molecule has 0 aliphatic rings. The molecule has 0 saturated heterocycles. The van der Waals surface area contributed by atoms with Crippen molar-refractivity contribution in [3.63, 3.8) is 0 Å². The van der Waals surface area contributed by atoms with Crippen molar-refractivity contribution in [2.24, 2.45) is 5.92 Å². The van der Waals surface area contributed by atoms with Gasteiger partial charge in [-0.3, -0.25) is 33.6 Å². The number of hydrogen-bond acceptors (Lipinski definition) is 7. The third-order valence-electron chi connectivity index (χ3n) is 5.50. The summed E-state index contributed by atoms with van der Waals surface area (Å²) in [6.45, 7) is 5.51. The molecule has 0 aliphatic carbocycles. The molecule has 0 radical (unpaired) electrons. The molecule has 0 aromatic rings. The van der Waals surface area contributed by atoms with Crippen molar-refractivity contribution in [3.05, 3.63) is 0 Å². The van der Waals surface area contributed by atoms with E-state index in [1.54, 1.807) is 0 Å². The molecule has 0 saturated carbocycles. The second kappa shape index (κ2) is 23.2. The average Bonchev–Trinajstić information content (AvgIpc) is 2.88. The molecule has 14 nitrogen and oxygen atoms in total. The zero-order valence-corrected chi connectivity index (χ0v) is 24.0. The fourth-order valence-corrected chi connectivity index (χ4v) is 3.14. The van der Waals surface area contributed by atoms with E-state index in [0.717, 1.165) is 6.42 Å². The van der Waals surface area contributed by atoms with E-state index in [4.69, 9.17) is 0 Å². The third-order valence-corrected chi connectivity index (χ3v) is 5.50. The van der Waals surface area contributed by atoms with E-state index < -0.39 is 0 Å². The molecule has 0 aromatic heterocycles. The molecule has 0 fully saturated rings. The van der Waals surface area contributed by atoms with Crippen molar-refractivity contribution < 1.29 is 33.6 Å². The van der Waals surface area contributed by atoms with Gasteiger partial charge in [0, 0.05) is 91.3 Å². The van der Waals surface area contributed by atoms with E-state index in [1.165, 1.54) is 7.05 Å². The first-order valence-corrected chi connectivity index (χ1v) is 13.8. The van der Waals surface area contributed by atoms with Crippen LogP contribution in [-0.2, 0) is 33.6 Å². The monoisotopic (exact) mass is 569 g/mol. The van der Waals surface area contributed by atoms with Crippen LogP contribution in [0.15, 0.2) is 0 Å². The lowest BCUT2D eigenvalue weighted by molar-refractivity contribution is -0.124.